The van der Waals surface area contributed by atoms with Crippen molar-refractivity contribution in [2.24, 2.45) is 0 Å². The van der Waals surface area contributed by atoms with Crippen LogP contribution in [0.25, 0.3) is 0 Å². The Kier molecular flexibility index (Phi) is 5.36. The number of nitrogens with zero attached hydrogens (tertiary/aromatic N) is 1. The van der Waals surface area contributed by atoms with Gasteiger partial charge in [0, 0.05) is 12.6 Å². The maximum atomic E-state index is 12.9. The number of halogens is 2. The number of ether oxygens (including phenoxy) is 1. The molecule has 0 saturated heterocycles. The van der Waals surface area contributed by atoms with Gasteiger partial charge in [-0.05, 0) is 57.8 Å². The van der Waals surface area contributed by atoms with Crippen molar-refractivity contribution < 1.29 is 14.6 Å². The van der Waals surface area contributed by atoms with E-state index >= 15 is 0 Å². The standard InChI is InChI=1S/C15H17Br2N3O3/c1-7-6-20(14(19-3)13(23-7)8(2)18)15(22)9-4-10(16)12(21)11(17)5-9/h4-5,7,18-19,21H,6H2,1-3H3/t7-/m1/s1. The number of allylic oxidation sites excluding steroid dienone is 1. The Bertz CT molecular complexity index is 680. The molecule has 0 fully saturated rings. The molecule has 1 aliphatic heterocycles. The van der Waals surface area contributed by atoms with E-state index in [-0.39, 0.29) is 23.5 Å². The lowest BCUT2D eigenvalue weighted by Crippen LogP contribution is -2.46. The minimum atomic E-state index is -0.246. The van der Waals surface area contributed by atoms with E-state index < -0.39 is 0 Å². The van der Waals surface area contributed by atoms with Crippen molar-refractivity contribution in [3.05, 3.63) is 38.2 Å². The van der Waals surface area contributed by atoms with Crippen LogP contribution in [0.2, 0.25) is 0 Å². The van der Waals surface area contributed by atoms with Crippen molar-refractivity contribution in [1.29, 1.82) is 5.41 Å². The molecule has 1 atom stereocenters. The van der Waals surface area contributed by atoms with Crippen LogP contribution in [-0.2, 0) is 4.74 Å². The molecule has 3 N–H and O–H groups in total. The third kappa shape index (κ3) is 3.53. The summed E-state index contributed by atoms with van der Waals surface area (Å²) in [5.74, 6) is 0.611. The van der Waals surface area contributed by atoms with Crippen molar-refractivity contribution in [1.82, 2.24) is 10.2 Å². The summed E-state index contributed by atoms with van der Waals surface area (Å²) in [5, 5.41) is 20.6. The highest BCUT2D eigenvalue weighted by atomic mass is 79.9. The second-order valence-electron chi connectivity index (χ2n) is 5.19. The summed E-state index contributed by atoms with van der Waals surface area (Å²) in [6, 6.07) is 3.12. The molecule has 23 heavy (non-hydrogen) atoms. The monoisotopic (exact) mass is 445 g/mol. The second kappa shape index (κ2) is 6.92. The molecule has 1 aromatic rings. The molecule has 2 rings (SSSR count). The van der Waals surface area contributed by atoms with Gasteiger partial charge in [0.1, 0.15) is 11.9 Å². The summed E-state index contributed by atoms with van der Waals surface area (Å²) in [5.41, 5.74) is 0.650. The summed E-state index contributed by atoms with van der Waals surface area (Å²) in [6.07, 6.45) is -0.227. The smallest absolute Gasteiger partial charge is 0.259 e. The van der Waals surface area contributed by atoms with Gasteiger partial charge in [0.15, 0.2) is 11.6 Å². The number of rotatable bonds is 3. The number of nitrogens with one attached hydrogen (secondary N) is 2. The van der Waals surface area contributed by atoms with Gasteiger partial charge in [-0.15, -0.1) is 0 Å². The van der Waals surface area contributed by atoms with E-state index in [1.165, 1.54) is 0 Å². The number of hydrogen-bond acceptors (Lipinski definition) is 5. The molecular formula is C15H17Br2N3O3. The zero-order valence-electron chi connectivity index (χ0n) is 12.9. The Morgan fingerprint density at radius 1 is 1.43 bits per heavy atom. The van der Waals surface area contributed by atoms with Gasteiger partial charge in [-0.25, -0.2) is 0 Å². The van der Waals surface area contributed by atoms with Crippen molar-refractivity contribution >= 4 is 43.5 Å². The highest BCUT2D eigenvalue weighted by Gasteiger charge is 2.31. The molecule has 1 aromatic carbocycles. The number of phenolic OH excluding ortho intramolecular Hbond substituents is 1. The highest BCUT2D eigenvalue weighted by molar-refractivity contribution is 9.11. The molecule has 6 nitrogen and oxygen atoms in total. The Morgan fingerprint density at radius 2 is 2.00 bits per heavy atom. The molecule has 0 bridgehead atoms. The fourth-order valence-electron chi connectivity index (χ4n) is 2.31. The van der Waals surface area contributed by atoms with Gasteiger partial charge < -0.3 is 20.6 Å². The van der Waals surface area contributed by atoms with Gasteiger partial charge in [0.2, 0.25) is 0 Å². The van der Waals surface area contributed by atoms with Crippen LogP contribution in [-0.4, -0.2) is 41.3 Å². The first-order valence-electron chi connectivity index (χ1n) is 6.90. The van der Waals surface area contributed by atoms with Gasteiger partial charge in [-0.2, -0.15) is 0 Å². The van der Waals surface area contributed by atoms with Crippen LogP contribution in [0.4, 0.5) is 0 Å². The van der Waals surface area contributed by atoms with E-state index in [1.54, 1.807) is 31.0 Å². The minimum absolute atomic E-state index is 0.0392. The molecule has 0 aliphatic carbocycles. The molecular weight excluding hydrogens is 430 g/mol. The number of carbonyl (C=O) groups excluding carboxylic acids is 1. The van der Waals surface area contributed by atoms with E-state index in [4.69, 9.17) is 10.1 Å². The number of amides is 1. The van der Waals surface area contributed by atoms with Crippen LogP contribution in [0.15, 0.2) is 32.7 Å². The van der Waals surface area contributed by atoms with Gasteiger partial charge >= 0.3 is 0 Å². The van der Waals surface area contributed by atoms with Gasteiger partial charge in [0.25, 0.3) is 5.91 Å². The number of benzene rings is 1. The highest BCUT2D eigenvalue weighted by Crippen LogP contribution is 2.34. The fraction of sp³-hybridized carbons (Fsp3) is 0.333. The van der Waals surface area contributed by atoms with Crippen LogP contribution >= 0.6 is 31.9 Å². The number of phenols is 1. The molecule has 0 aromatic heterocycles. The molecule has 1 heterocycles. The lowest BCUT2D eigenvalue weighted by molar-refractivity contribution is 0.0491. The summed E-state index contributed by atoms with van der Waals surface area (Å²) in [4.78, 5) is 14.4. The van der Waals surface area contributed by atoms with Crippen LogP contribution in [0.1, 0.15) is 24.2 Å². The summed E-state index contributed by atoms with van der Waals surface area (Å²) < 4.78 is 6.53. The maximum Gasteiger partial charge on any atom is 0.259 e. The third-order valence-corrected chi connectivity index (χ3v) is 4.54. The van der Waals surface area contributed by atoms with Gasteiger partial charge in [-0.1, -0.05) is 0 Å². The van der Waals surface area contributed by atoms with E-state index in [1.807, 2.05) is 6.92 Å². The average Bonchev–Trinajstić information content (AvgIpc) is 2.50. The first-order chi connectivity index (χ1) is 10.8. The number of hydrogen-bond donors (Lipinski definition) is 3. The van der Waals surface area contributed by atoms with E-state index in [0.29, 0.717) is 32.6 Å². The minimum Gasteiger partial charge on any atom is -0.506 e. The number of aromatic hydroxyl groups is 1. The topological polar surface area (TPSA) is 85.7 Å². The second-order valence-corrected chi connectivity index (χ2v) is 6.89. The molecule has 1 aliphatic rings. The Balaban J connectivity index is 2.48. The summed E-state index contributed by atoms with van der Waals surface area (Å²) in [7, 11) is 1.68. The Labute approximate surface area is 151 Å². The Morgan fingerprint density at radius 3 is 2.48 bits per heavy atom. The molecule has 124 valence electrons. The van der Waals surface area contributed by atoms with Gasteiger partial charge in [-0.3, -0.25) is 9.69 Å². The average molecular weight is 447 g/mol. The summed E-state index contributed by atoms with van der Waals surface area (Å²) in [6.45, 7) is 3.82. The fourth-order valence-corrected chi connectivity index (χ4v) is 3.50. The molecule has 8 heteroatoms. The van der Waals surface area contributed by atoms with Crippen molar-refractivity contribution in [2.75, 3.05) is 13.6 Å². The van der Waals surface area contributed by atoms with E-state index in [9.17, 15) is 9.90 Å². The first kappa shape index (κ1) is 17.8. The van der Waals surface area contributed by atoms with Crippen LogP contribution in [0.3, 0.4) is 0 Å². The number of carbonyl (C=O) groups is 1. The van der Waals surface area contributed by atoms with Crippen LogP contribution in [0, 0.1) is 5.41 Å². The lowest BCUT2D eigenvalue weighted by Gasteiger charge is -2.35. The SMILES string of the molecule is CNC1=C(C(C)=N)O[C@H](C)CN1C(=O)c1cc(Br)c(O)c(Br)c1. The zero-order valence-corrected chi connectivity index (χ0v) is 16.1. The van der Waals surface area contributed by atoms with E-state index in [2.05, 4.69) is 37.2 Å². The van der Waals surface area contributed by atoms with Crippen LogP contribution in [0.5, 0.6) is 5.75 Å². The maximum absolute atomic E-state index is 12.9. The lowest BCUT2D eigenvalue weighted by atomic mass is 10.1. The van der Waals surface area contributed by atoms with Crippen molar-refractivity contribution in [2.45, 2.75) is 20.0 Å². The predicted molar refractivity (Wildman–Crippen MR) is 94.6 cm³/mol. The van der Waals surface area contributed by atoms with Gasteiger partial charge in [0.05, 0.1) is 21.2 Å². The quantitative estimate of drug-likeness (QED) is 0.622. The van der Waals surface area contributed by atoms with Crippen LogP contribution < -0.4 is 5.32 Å². The largest absolute Gasteiger partial charge is 0.506 e. The Hall–Kier alpha value is -1.54. The van der Waals surface area contributed by atoms with Crippen molar-refractivity contribution in [3.8, 4) is 5.75 Å². The predicted octanol–water partition coefficient (Wildman–Crippen LogP) is 3.21. The van der Waals surface area contributed by atoms with Crippen molar-refractivity contribution in [3.63, 3.8) is 0 Å². The normalized spacial score (nSPS) is 17.8. The van der Waals surface area contributed by atoms with E-state index in [0.717, 1.165) is 0 Å². The zero-order chi connectivity index (χ0) is 17.3. The first-order valence-corrected chi connectivity index (χ1v) is 8.49. The third-order valence-electron chi connectivity index (χ3n) is 3.33. The molecule has 0 spiro atoms. The molecule has 0 radical (unpaired) electrons. The molecule has 0 saturated carbocycles. The summed E-state index contributed by atoms with van der Waals surface area (Å²) >= 11 is 6.46. The molecule has 0 unspecified atom stereocenters. The molecule has 1 amide bonds.